The number of benzene rings is 2. The van der Waals surface area contributed by atoms with Crippen molar-refractivity contribution in [1.82, 2.24) is 15.1 Å². The van der Waals surface area contributed by atoms with Crippen LogP contribution in [0, 0.1) is 18.6 Å². The highest BCUT2D eigenvalue weighted by molar-refractivity contribution is 5.62. The van der Waals surface area contributed by atoms with Crippen LogP contribution >= 0.6 is 0 Å². The predicted molar refractivity (Wildman–Crippen MR) is 101 cm³/mol. The van der Waals surface area contributed by atoms with E-state index in [2.05, 4.69) is 22.1 Å². The molecule has 0 fully saturated rings. The van der Waals surface area contributed by atoms with E-state index in [4.69, 9.17) is 0 Å². The maximum Gasteiger partial charge on any atom is 0.132 e. The van der Waals surface area contributed by atoms with Gasteiger partial charge in [-0.3, -0.25) is 0 Å². The summed E-state index contributed by atoms with van der Waals surface area (Å²) in [5.41, 5.74) is 4.84. The summed E-state index contributed by atoms with van der Waals surface area (Å²) >= 11 is 0. The van der Waals surface area contributed by atoms with Crippen molar-refractivity contribution in [2.75, 3.05) is 13.6 Å². The molecule has 0 N–H and O–H groups in total. The topological polar surface area (TPSA) is 29.0 Å². The van der Waals surface area contributed by atoms with Crippen LogP contribution in [0.2, 0.25) is 0 Å². The van der Waals surface area contributed by atoms with E-state index in [0.29, 0.717) is 11.3 Å². The summed E-state index contributed by atoms with van der Waals surface area (Å²) < 4.78 is 28.3. The summed E-state index contributed by atoms with van der Waals surface area (Å²) in [6, 6.07) is 13.7. The van der Waals surface area contributed by atoms with Crippen LogP contribution in [0.5, 0.6) is 0 Å². The number of hydrogen-bond donors (Lipinski definition) is 0. The Hall–Kier alpha value is -2.66. The van der Waals surface area contributed by atoms with Crippen molar-refractivity contribution in [3.63, 3.8) is 0 Å². The normalized spacial score (nSPS) is 17.4. The smallest absolute Gasteiger partial charge is 0.132 e. The van der Waals surface area contributed by atoms with Gasteiger partial charge in [0.15, 0.2) is 0 Å². The molecule has 1 aromatic heterocycles. The Morgan fingerprint density at radius 2 is 1.78 bits per heavy atom. The van der Waals surface area contributed by atoms with Crippen LogP contribution in [0.3, 0.4) is 0 Å². The van der Waals surface area contributed by atoms with E-state index in [0.717, 1.165) is 41.9 Å². The highest BCUT2D eigenvalue weighted by atomic mass is 19.1. The zero-order valence-electron chi connectivity index (χ0n) is 15.4. The average molecular weight is 365 g/mol. The Kier molecular flexibility index (Phi) is 4.70. The van der Waals surface area contributed by atoms with Crippen molar-refractivity contribution < 1.29 is 8.78 Å². The lowest BCUT2D eigenvalue weighted by Crippen LogP contribution is -2.17. The van der Waals surface area contributed by atoms with Crippen molar-refractivity contribution in [2.45, 2.75) is 25.8 Å². The lowest BCUT2D eigenvalue weighted by Gasteiger charge is -2.19. The standard InChI is InChI=1S/C22H21F2N3/c1-14-3-8-22(26-25-14)20-11-16-13-27(2)10-9-18(19(16)12-21(20)24)15-4-6-17(23)7-5-15/h3-8,11-12,18H,9-10,13H2,1-2H3. The number of nitrogens with zero attached hydrogens (tertiary/aromatic N) is 3. The second-order valence-electron chi connectivity index (χ2n) is 7.22. The van der Waals surface area contributed by atoms with Crippen LogP contribution in [-0.4, -0.2) is 28.7 Å². The summed E-state index contributed by atoms with van der Waals surface area (Å²) in [6.07, 6.45) is 0.859. The third kappa shape index (κ3) is 3.60. The van der Waals surface area contributed by atoms with Gasteiger partial charge >= 0.3 is 0 Å². The quantitative estimate of drug-likeness (QED) is 0.659. The van der Waals surface area contributed by atoms with E-state index >= 15 is 4.39 Å². The molecule has 1 atom stereocenters. The molecule has 27 heavy (non-hydrogen) atoms. The first-order valence-corrected chi connectivity index (χ1v) is 9.08. The van der Waals surface area contributed by atoms with Crippen LogP contribution in [-0.2, 0) is 6.54 Å². The van der Waals surface area contributed by atoms with Crippen molar-refractivity contribution in [3.8, 4) is 11.3 Å². The molecule has 2 aromatic carbocycles. The second kappa shape index (κ2) is 7.16. The minimum absolute atomic E-state index is 0.0400. The largest absolute Gasteiger partial charge is 0.302 e. The van der Waals surface area contributed by atoms with Gasteiger partial charge in [0, 0.05) is 18.0 Å². The number of aromatic nitrogens is 2. The Bertz CT molecular complexity index is 953. The van der Waals surface area contributed by atoms with Gasteiger partial charge in [-0.1, -0.05) is 12.1 Å². The number of fused-ring (bicyclic) bond motifs is 1. The van der Waals surface area contributed by atoms with Crippen LogP contribution in [0.1, 0.15) is 34.7 Å². The molecule has 1 aliphatic heterocycles. The number of rotatable bonds is 2. The molecule has 138 valence electrons. The fourth-order valence-electron chi connectivity index (χ4n) is 3.75. The molecular formula is C22H21F2N3. The molecule has 0 saturated carbocycles. The monoisotopic (exact) mass is 365 g/mol. The first-order chi connectivity index (χ1) is 13.0. The summed E-state index contributed by atoms with van der Waals surface area (Å²) in [4.78, 5) is 2.23. The van der Waals surface area contributed by atoms with E-state index in [1.54, 1.807) is 24.3 Å². The molecule has 0 amide bonds. The van der Waals surface area contributed by atoms with E-state index in [1.165, 1.54) is 12.1 Å². The van der Waals surface area contributed by atoms with Crippen molar-refractivity contribution in [3.05, 3.63) is 82.5 Å². The van der Waals surface area contributed by atoms with Crippen LogP contribution in [0.25, 0.3) is 11.3 Å². The molecule has 5 heteroatoms. The Labute approximate surface area is 157 Å². The summed E-state index contributed by atoms with van der Waals surface area (Å²) in [7, 11) is 2.06. The summed E-state index contributed by atoms with van der Waals surface area (Å²) in [6.45, 7) is 3.48. The summed E-state index contributed by atoms with van der Waals surface area (Å²) in [5, 5.41) is 8.19. The van der Waals surface area contributed by atoms with Crippen molar-refractivity contribution in [2.24, 2.45) is 0 Å². The molecule has 0 radical (unpaired) electrons. The van der Waals surface area contributed by atoms with Crippen LogP contribution in [0.4, 0.5) is 8.78 Å². The van der Waals surface area contributed by atoms with Gasteiger partial charge in [0.1, 0.15) is 11.6 Å². The molecule has 4 rings (SSSR count). The fourth-order valence-corrected chi connectivity index (χ4v) is 3.75. The molecule has 0 aliphatic carbocycles. The lowest BCUT2D eigenvalue weighted by atomic mass is 9.85. The van der Waals surface area contributed by atoms with E-state index in [1.807, 2.05) is 19.1 Å². The molecule has 1 aliphatic rings. The Morgan fingerprint density at radius 3 is 2.48 bits per heavy atom. The minimum Gasteiger partial charge on any atom is -0.302 e. The van der Waals surface area contributed by atoms with Crippen molar-refractivity contribution in [1.29, 1.82) is 0 Å². The Balaban J connectivity index is 1.82. The van der Waals surface area contributed by atoms with Crippen molar-refractivity contribution >= 4 is 0 Å². The zero-order chi connectivity index (χ0) is 19.0. The molecule has 0 bridgehead atoms. The molecule has 3 aromatic rings. The maximum absolute atomic E-state index is 15.0. The first-order valence-electron chi connectivity index (χ1n) is 9.08. The average Bonchev–Trinajstić information content (AvgIpc) is 2.81. The van der Waals surface area contributed by atoms with Crippen LogP contribution in [0.15, 0.2) is 48.5 Å². The predicted octanol–water partition coefficient (Wildman–Crippen LogP) is 4.70. The third-order valence-corrected chi connectivity index (χ3v) is 5.19. The van der Waals surface area contributed by atoms with Gasteiger partial charge in [0.05, 0.1) is 11.4 Å². The Morgan fingerprint density at radius 1 is 1.00 bits per heavy atom. The van der Waals surface area contributed by atoms with Crippen LogP contribution < -0.4 is 0 Å². The first kappa shape index (κ1) is 17.7. The lowest BCUT2D eigenvalue weighted by molar-refractivity contribution is 0.328. The van der Waals surface area contributed by atoms with Gasteiger partial charge in [0.2, 0.25) is 0 Å². The maximum atomic E-state index is 15.0. The molecule has 1 unspecified atom stereocenters. The van der Waals surface area contributed by atoms with E-state index in [9.17, 15) is 4.39 Å². The number of hydrogen-bond acceptors (Lipinski definition) is 3. The van der Waals surface area contributed by atoms with Gasteiger partial charge in [-0.15, -0.1) is 0 Å². The molecular weight excluding hydrogens is 344 g/mol. The van der Waals surface area contributed by atoms with Gasteiger partial charge in [0.25, 0.3) is 0 Å². The highest BCUT2D eigenvalue weighted by Crippen LogP contribution is 2.37. The zero-order valence-corrected chi connectivity index (χ0v) is 15.4. The van der Waals surface area contributed by atoms with Gasteiger partial charge < -0.3 is 4.90 Å². The summed E-state index contributed by atoms with van der Waals surface area (Å²) in [5.74, 6) is -0.522. The van der Waals surface area contributed by atoms with E-state index in [-0.39, 0.29) is 17.6 Å². The van der Waals surface area contributed by atoms with Gasteiger partial charge in [-0.05, 0) is 80.0 Å². The SMILES string of the molecule is Cc1ccc(-c2cc3c(cc2F)C(c2ccc(F)cc2)CCN(C)C3)nn1. The molecule has 3 nitrogen and oxygen atoms in total. The second-order valence-corrected chi connectivity index (χ2v) is 7.22. The van der Waals surface area contributed by atoms with Gasteiger partial charge in [-0.25, -0.2) is 8.78 Å². The molecule has 0 spiro atoms. The molecule has 2 heterocycles. The van der Waals surface area contributed by atoms with Gasteiger partial charge in [-0.2, -0.15) is 10.2 Å². The minimum atomic E-state index is -0.302. The van der Waals surface area contributed by atoms with E-state index < -0.39 is 0 Å². The number of halogens is 2. The third-order valence-electron chi connectivity index (χ3n) is 5.19. The highest BCUT2D eigenvalue weighted by Gasteiger charge is 2.25. The number of aryl methyl sites for hydroxylation is 1. The fraction of sp³-hybridized carbons (Fsp3) is 0.273. The molecule has 0 saturated heterocycles.